The van der Waals surface area contributed by atoms with Gasteiger partial charge in [-0.1, -0.05) is 0 Å². The topological polar surface area (TPSA) is 118 Å². The van der Waals surface area contributed by atoms with E-state index in [1.807, 2.05) is 0 Å². The molecule has 0 fully saturated rings. The van der Waals surface area contributed by atoms with Crippen LogP contribution in [0.1, 0.15) is 0 Å². The van der Waals surface area contributed by atoms with Gasteiger partial charge in [0.15, 0.2) is 0 Å². The molecule has 0 rings (SSSR count). The molecule has 0 saturated carbocycles. The van der Waals surface area contributed by atoms with Crippen molar-refractivity contribution in [2.75, 3.05) is 0 Å². The predicted molar refractivity (Wildman–Crippen MR) is 41.6 cm³/mol. The second-order valence-corrected chi connectivity index (χ2v) is 2.52. The molecule has 7 nitrogen and oxygen atoms in total. The van der Waals surface area contributed by atoms with Gasteiger partial charge in [-0.25, -0.2) is 9.59 Å². The minimum absolute atomic E-state index is 0. The summed E-state index contributed by atoms with van der Waals surface area (Å²) in [6.45, 7) is 0. The van der Waals surface area contributed by atoms with Gasteiger partial charge in [0.25, 0.3) is 0 Å². The van der Waals surface area contributed by atoms with E-state index in [0.717, 1.165) is 0 Å². The van der Waals surface area contributed by atoms with Crippen molar-refractivity contribution in [3.8, 4) is 0 Å². The van der Waals surface area contributed by atoms with Crippen molar-refractivity contribution in [1.82, 2.24) is 0 Å². The first-order valence-corrected chi connectivity index (χ1v) is 3.79. The van der Waals surface area contributed by atoms with Gasteiger partial charge in [0.1, 0.15) is 0 Å². The molecule has 0 unspecified atom stereocenters. The summed E-state index contributed by atoms with van der Waals surface area (Å²) in [5.41, 5.74) is 0. The third-order valence-electron chi connectivity index (χ3n) is 0.549. The molecule has 0 aromatic heterocycles. The fourth-order valence-electron chi connectivity index (χ4n) is 0.271. The summed E-state index contributed by atoms with van der Waals surface area (Å²) in [5.74, 6) is -2.93. The molecule has 0 bridgehead atoms. The SMILES string of the molecule is O=C(O)/C=C\C(=O)OS(=O)(=O)O.[NaH]. The molecule has 0 amide bonds. The Balaban J connectivity index is 0. The van der Waals surface area contributed by atoms with Gasteiger partial charge < -0.3 is 9.29 Å². The van der Waals surface area contributed by atoms with Crippen LogP contribution < -0.4 is 0 Å². The number of carboxylic acid groups (broad SMARTS) is 1. The maximum atomic E-state index is 10.3. The quantitative estimate of drug-likeness (QED) is 0.331. The second kappa shape index (κ2) is 6.11. The maximum absolute atomic E-state index is 10.3. The van der Waals surface area contributed by atoms with Crippen LogP contribution in [-0.2, 0) is 24.2 Å². The van der Waals surface area contributed by atoms with Gasteiger partial charge in [-0.2, -0.15) is 8.42 Å². The Morgan fingerprint density at radius 1 is 1.23 bits per heavy atom. The summed E-state index contributed by atoms with van der Waals surface area (Å²) in [7, 11) is -4.86. The van der Waals surface area contributed by atoms with Gasteiger partial charge in [0.05, 0.1) is 0 Å². The van der Waals surface area contributed by atoms with Crippen LogP contribution >= 0.6 is 0 Å². The summed E-state index contributed by atoms with van der Waals surface area (Å²) in [4.78, 5) is 20.0. The monoisotopic (exact) mass is 220 g/mol. The van der Waals surface area contributed by atoms with E-state index in [9.17, 15) is 18.0 Å². The Labute approximate surface area is 95.6 Å². The average molecular weight is 220 g/mol. The number of carbonyl (C=O) groups excluding carboxylic acids is 1. The Morgan fingerprint density at radius 2 is 1.69 bits per heavy atom. The van der Waals surface area contributed by atoms with Crippen molar-refractivity contribution in [3.05, 3.63) is 12.2 Å². The van der Waals surface area contributed by atoms with Gasteiger partial charge in [-0.05, 0) is 0 Å². The summed E-state index contributed by atoms with van der Waals surface area (Å²) in [6, 6.07) is 0. The molecule has 0 aliphatic carbocycles. The predicted octanol–water partition coefficient (Wildman–Crippen LogP) is -1.68. The number of carboxylic acids is 1. The zero-order valence-electron chi connectivity index (χ0n) is 5.50. The fourth-order valence-corrected chi connectivity index (χ4v) is 0.534. The average Bonchev–Trinajstić information content (AvgIpc) is 1.79. The molecule has 13 heavy (non-hydrogen) atoms. The number of rotatable bonds is 3. The van der Waals surface area contributed by atoms with Crippen LogP contribution in [0, 0.1) is 0 Å². The van der Waals surface area contributed by atoms with Crippen molar-refractivity contribution in [2.45, 2.75) is 0 Å². The third-order valence-corrected chi connectivity index (χ3v) is 0.924. The first kappa shape index (κ1) is 15.1. The molecule has 0 aromatic carbocycles. The number of carbonyl (C=O) groups is 2. The molecule has 0 aromatic rings. The van der Waals surface area contributed by atoms with Crippen LogP contribution in [0.3, 0.4) is 0 Å². The van der Waals surface area contributed by atoms with Gasteiger partial charge in [0, 0.05) is 12.2 Å². The Morgan fingerprint density at radius 3 is 2.00 bits per heavy atom. The normalized spacial score (nSPS) is 10.5. The first-order chi connectivity index (χ1) is 5.31. The van der Waals surface area contributed by atoms with Gasteiger partial charge >= 0.3 is 51.9 Å². The van der Waals surface area contributed by atoms with E-state index in [1.54, 1.807) is 0 Å². The van der Waals surface area contributed by atoms with Crippen molar-refractivity contribution in [1.29, 1.82) is 0 Å². The second-order valence-electron chi connectivity index (χ2n) is 1.50. The zero-order valence-corrected chi connectivity index (χ0v) is 6.32. The van der Waals surface area contributed by atoms with Crippen molar-refractivity contribution >= 4 is 51.9 Å². The van der Waals surface area contributed by atoms with Gasteiger partial charge in [-0.15, -0.1) is 0 Å². The van der Waals surface area contributed by atoms with Crippen LogP contribution in [0.25, 0.3) is 0 Å². The molecule has 0 radical (unpaired) electrons. The summed E-state index contributed by atoms with van der Waals surface area (Å²) in [5, 5.41) is 7.95. The van der Waals surface area contributed by atoms with Gasteiger partial charge in [-0.3, -0.25) is 4.55 Å². The molecule has 0 atom stereocenters. The summed E-state index contributed by atoms with van der Waals surface area (Å²) < 4.78 is 30.9. The van der Waals surface area contributed by atoms with E-state index in [1.165, 1.54) is 0 Å². The van der Waals surface area contributed by atoms with Crippen LogP contribution in [0.4, 0.5) is 0 Å². The third kappa shape index (κ3) is 11.6. The standard InChI is InChI=1S/C4H4O7S.Na.H/c5-3(6)1-2-4(7)11-12(8,9)10;;/h1-2H,(H,5,6)(H,8,9,10);;/b2-1-;;. The van der Waals surface area contributed by atoms with E-state index < -0.39 is 22.3 Å². The Hall–Kier alpha value is -0.410. The van der Waals surface area contributed by atoms with Crippen molar-refractivity contribution < 1.29 is 31.8 Å². The molecule has 9 heteroatoms. The number of hydrogen-bond donors (Lipinski definition) is 2. The van der Waals surface area contributed by atoms with E-state index in [4.69, 9.17) is 9.66 Å². The van der Waals surface area contributed by atoms with Crippen molar-refractivity contribution in [3.63, 3.8) is 0 Å². The Bertz CT molecular complexity index is 315. The molecule has 0 heterocycles. The molecule has 0 saturated heterocycles. The molecule has 2 N–H and O–H groups in total. The molecular formula is C4H5NaO7S. The van der Waals surface area contributed by atoms with Crippen LogP contribution in [0.5, 0.6) is 0 Å². The number of hydrogen-bond acceptors (Lipinski definition) is 5. The number of aliphatic carboxylic acids is 1. The van der Waals surface area contributed by atoms with Gasteiger partial charge in [0.2, 0.25) is 0 Å². The molecule has 0 aliphatic heterocycles. The van der Waals surface area contributed by atoms with E-state index in [0.29, 0.717) is 12.2 Å². The minimum atomic E-state index is -4.86. The van der Waals surface area contributed by atoms with Crippen LogP contribution in [0.15, 0.2) is 12.2 Å². The first-order valence-electron chi connectivity index (χ1n) is 2.43. The Kier molecular flexibility index (Phi) is 7.08. The van der Waals surface area contributed by atoms with Crippen molar-refractivity contribution in [2.24, 2.45) is 0 Å². The summed E-state index contributed by atoms with van der Waals surface area (Å²) in [6.07, 6.45) is 0.712. The van der Waals surface area contributed by atoms with Crippen LogP contribution in [0.2, 0.25) is 0 Å². The summed E-state index contributed by atoms with van der Waals surface area (Å²) >= 11 is 0. The van der Waals surface area contributed by atoms with Crippen LogP contribution in [-0.4, -0.2) is 59.6 Å². The molecule has 0 spiro atoms. The van der Waals surface area contributed by atoms with E-state index in [2.05, 4.69) is 4.18 Å². The van der Waals surface area contributed by atoms with E-state index in [-0.39, 0.29) is 29.6 Å². The molecular weight excluding hydrogens is 215 g/mol. The molecule has 0 aliphatic rings. The van der Waals surface area contributed by atoms with E-state index >= 15 is 0 Å². The fraction of sp³-hybridized carbons (Fsp3) is 0. The molecule has 70 valence electrons. The zero-order chi connectivity index (χ0) is 9.78.